The van der Waals surface area contributed by atoms with Crippen LogP contribution >= 0.6 is 0 Å². The predicted molar refractivity (Wildman–Crippen MR) is 104 cm³/mol. The molecule has 29 heavy (non-hydrogen) atoms. The van der Waals surface area contributed by atoms with Gasteiger partial charge >= 0.3 is 0 Å². The van der Waals surface area contributed by atoms with E-state index in [0.29, 0.717) is 5.75 Å². The van der Waals surface area contributed by atoms with Gasteiger partial charge in [-0.3, -0.25) is 0 Å². The molecule has 0 aromatic heterocycles. The molecule has 1 aliphatic carbocycles. The van der Waals surface area contributed by atoms with Crippen LogP contribution in [0, 0.1) is 0 Å². The van der Waals surface area contributed by atoms with Gasteiger partial charge in [0.15, 0.2) is 23.0 Å². The molecule has 2 aromatic rings. The van der Waals surface area contributed by atoms with Crippen LogP contribution in [-0.4, -0.2) is 39.8 Å². The largest absolute Gasteiger partial charge is 0.496 e. The lowest BCUT2D eigenvalue weighted by molar-refractivity contribution is 0.173. The van der Waals surface area contributed by atoms with Crippen molar-refractivity contribution in [3.63, 3.8) is 0 Å². The molecule has 0 saturated heterocycles. The molecule has 7 nitrogen and oxygen atoms in total. The van der Waals surface area contributed by atoms with Gasteiger partial charge in [0.25, 0.3) is 0 Å². The molecule has 3 aliphatic heterocycles. The molecule has 6 rings (SSSR count). The van der Waals surface area contributed by atoms with Crippen LogP contribution in [0.2, 0.25) is 0 Å². The quantitative estimate of drug-likeness (QED) is 0.770. The lowest BCUT2D eigenvalue weighted by Gasteiger charge is -2.36. The first-order valence-corrected chi connectivity index (χ1v) is 9.33. The summed E-state index contributed by atoms with van der Waals surface area (Å²) in [6, 6.07) is 5.90. The number of hydrogen-bond donors (Lipinski definition) is 0. The molecule has 4 aliphatic rings. The third-order valence-corrected chi connectivity index (χ3v) is 5.82. The highest BCUT2D eigenvalue weighted by molar-refractivity contribution is 5.86. The predicted octanol–water partition coefficient (Wildman–Crippen LogP) is 1.73. The minimum Gasteiger partial charge on any atom is -0.496 e. The Morgan fingerprint density at radius 3 is 2.48 bits per heavy atom. The van der Waals surface area contributed by atoms with Crippen molar-refractivity contribution in [3.8, 4) is 28.7 Å². The Morgan fingerprint density at radius 1 is 0.931 bits per heavy atom. The van der Waals surface area contributed by atoms with Gasteiger partial charge in [0.05, 0.1) is 20.3 Å². The Labute approximate surface area is 166 Å². The summed E-state index contributed by atoms with van der Waals surface area (Å²) >= 11 is 0. The van der Waals surface area contributed by atoms with Crippen molar-refractivity contribution in [1.29, 1.82) is 0 Å². The zero-order chi connectivity index (χ0) is 19.7. The molecule has 0 spiro atoms. The summed E-state index contributed by atoms with van der Waals surface area (Å²) in [4.78, 5) is 2.17. The Kier molecular flexibility index (Phi) is 3.27. The van der Waals surface area contributed by atoms with Crippen molar-refractivity contribution in [3.05, 3.63) is 45.8 Å². The van der Waals surface area contributed by atoms with Crippen molar-refractivity contribution in [2.75, 3.05) is 34.9 Å². The summed E-state index contributed by atoms with van der Waals surface area (Å²) in [7, 11) is 5.40. The van der Waals surface area contributed by atoms with E-state index in [0.717, 1.165) is 55.9 Å². The van der Waals surface area contributed by atoms with E-state index in [-0.39, 0.29) is 19.6 Å². The van der Waals surface area contributed by atoms with Crippen molar-refractivity contribution in [2.45, 2.75) is 6.04 Å². The van der Waals surface area contributed by atoms with Crippen molar-refractivity contribution < 1.29 is 28.4 Å². The molecule has 148 valence electrons. The van der Waals surface area contributed by atoms with Crippen LogP contribution in [0.3, 0.4) is 0 Å². The Hall–Kier alpha value is -3.48. The molecule has 1 unspecified atom stereocenters. The summed E-state index contributed by atoms with van der Waals surface area (Å²) < 4.78 is 34.1. The lowest BCUT2D eigenvalue weighted by atomic mass is 9.83. The third kappa shape index (κ3) is 2.12. The maximum absolute atomic E-state index is 5.77. The number of fused-ring (bicyclic) bond motifs is 7. The zero-order valence-corrected chi connectivity index (χ0v) is 16.3. The molecule has 0 amide bonds. The summed E-state index contributed by atoms with van der Waals surface area (Å²) in [5.74, 6) is 4.42. The summed E-state index contributed by atoms with van der Waals surface area (Å²) in [6.07, 6.45) is 4.15. The number of ether oxygens (including phenoxy) is 6. The van der Waals surface area contributed by atoms with E-state index in [1.165, 1.54) is 0 Å². The highest BCUT2D eigenvalue weighted by atomic mass is 16.7. The van der Waals surface area contributed by atoms with Gasteiger partial charge in [0.1, 0.15) is 11.5 Å². The fourth-order valence-electron chi connectivity index (χ4n) is 4.58. The normalized spacial score (nSPS) is 19.7. The minimum atomic E-state index is -0.0276. The molecule has 0 fully saturated rings. The topological polar surface area (TPSA) is 58.6 Å². The van der Waals surface area contributed by atoms with Crippen LogP contribution < -0.4 is 34.1 Å². The SMILES string of the molecule is COC1=CC2=c3c(OC)cc4c(c3=CN(C)C2c2cc3c(cc21)OCO3)OCO4. The van der Waals surface area contributed by atoms with Crippen LogP contribution in [0.4, 0.5) is 0 Å². The number of hydrogen-bond acceptors (Lipinski definition) is 7. The number of rotatable bonds is 2. The molecule has 0 saturated carbocycles. The summed E-state index contributed by atoms with van der Waals surface area (Å²) in [6.45, 7) is 0.435. The van der Waals surface area contributed by atoms with Gasteiger partial charge in [-0.25, -0.2) is 0 Å². The third-order valence-electron chi connectivity index (χ3n) is 5.82. The van der Waals surface area contributed by atoms with Crippen molar-refractivity contribution >= 4 is 17.5 Å². The number of benzene rings is 2. The van der Waals surface area contributed by atoms with E-state index >= 15 is 0 Å². The van der Waals surface area contributed by atoms with Gasteiger partial charge in [0.2, 0.25) is 13.6 Å². The maximum atomic E-state index is 5.77. The Morgan fingerprint density at radius 2 is 1.69 bits per heavy atom. The summed E-state index contributed by atoms with van der Waals surface area (Å²) in [5.41, 5.74) is 3.16. The molecule has 2 aromatic carbocycles. The zero-order valence-electron chi connectivity index (χ0n) is 16.3. The van der Waals surface area contributed by atoms with E-state index in [1.54, 1.807) is 14.2 Å². The molecule has 1 atom stereocenters. The maximum Gasteiger partial charge on any atom is 0.231 e. The van der Waals surface area contributed by atoms with E-state index in [9.17, 15) is 0 Å². The van der Waals surface area contributed by atoms with Gasteiger partial charge in [-0.05, 0) is 29.3 Å². The Bertz CT molecular complexity index is 1220. The number of nitrogens with zero attached hydrogens (tertiary/aromatic N) is 1. The second-order valence-electron chi connectivity index (χ2n) is 7.26. The van der Waals surface area contributed by atoms with Crippen LogP contribution in [0.25, 0.3) is 17.5 Å². The van der Waals surface area contributed by atoms with Crippen molar-refractivity contribution in [2.24, 2.45) is 0 Å². The van der Waals surface area contributed by atoms with Crippen molar-refractivity contribution in [1.82, 2.24) is 4.90 Å². The van der Waals surface area contributed by atoms with Gasteiger partial charge in [-0.1, -0.05) is 0 Å². The first-order valence-electron chi connectivity index (χ1n) is 9.33. The first kappa shape index (κ1) is 16.5. The Balaban J connectivity index is 1.72. The van der Waals surface area contributed by atoms with E-state index in [2.05, 4.69) is 24.2 Å². The average Bonchev–Trinajstić information content (AvgIpc) is 3.39. The molecule has 7 heteroatoms. The average molecular weight is 393 g/mol. The molecular formula is C22H19NO6. The lowest BCUT2D eigenvalue weighted by Crippen LogP contribution is -2.41. The molecule has 3 heterocycles. The van der Waals surface area contributed by atoms with Gasteiger partial charge < -0.3 is 33.3 Å². The summed E-state index contributed by atoms with van der Waals surface area (Å²) in [5, 5.41) is 1.93. The van der Waals surface area contributed by atoms with Gasteiger partial charge in [-0.15, -0.1) is 0 Å². The van der Waals surface area contributed by atoms with Gasteiger partial charge in [-0.2, -0.15) is 0 Å². The first-order chi connectivity index (χ1) is 14.2. The van der Waals surface area contributed by atoms with E-state index in [4.69, 9.17) is 28.4 Å². The van der Waals surface area contributed by atoms with Crippen LogP contribution in [0.15, 0.2) is 24.3 Å². The van der Waals surface area contributed by atoms with E-state index in [1.807, 2.05) is 18.2 Å². The molecule has 0 radical (unpaired) electrons. The fourth-order valence-corrected chi connectivity index (χ4v) is 4.58. The molecule has 0 N–H and O–H groups in total. The monoisotopic (exact) mass is 393 g/mol. The molecule has 0 bridgehead atoms. The molecular weight excluding hydrogens is 374 g/mol. The van der Waals surface area contributed by atoms with Crippen LogP contribution in [0.5, 0.6) is 28.7 Å². The van der Waals surface area contributed by atoms with Crippen LogP contribution in [0.1, 0.15) is 17.2 Å². The smallest absolute Gasteiger partial charge is 0.231 e. The van der Waals surface area contributed by atoms with E-state index < -0.39 is 0 Å². The highest BCUT2D eigenvalue weighted by Crippen LogP contribution is 2.47. The number of methoxy groups -OCH3 is 2. The minimum absolute atomic E-state index is 0.0276. The highest BCUT2D eigenvalue weighted by Gasteiger charge is 2.35. The fraction of sp³-hybridized carbons (Fsp3) is 0.273. The second kappa shape index (κ2) is 5.76. The van der Waals surface area contributed by atoms with Gasteiger partial charge in [0, 0.05) is 35.3 Å². The van der Waals surface area contributed by atoms with Crippen LogP contribution in [-0.2, 0) is 4.74 Å². The second-order valence-corrected chi connectivity index (χ2v) is 7.26. The standard InChI is InChI=1S/C22H19NO6/c1-23-8-14-20(18(25-3)7-19-22(14)29-10-28-19)13-6-15(24-2)11-4-16-17(27-9-26-16)5-12(11)21(13)23/h4-8,21H,9-10H2,1-3H3.